The average Bonchev–Trinajstić information content (AvgIpc) is 2.39. The highest BCUT2D eigenvalue weighted by Crippen LogP contribution is 2.19. The lowest BCUT2D eigenvalue weighted by Crippen LogP contribution is -2.07. The van der Waals surface area contributed by atoms with Crippen molar-refractivity contribution in [2.75, 3.05) is 5.32 Å². The lowest BCUT2D eigenvalue weighted by atomic mass is 10.1. The number of pyridine rings is 1. The number of nitriles is 1. The lowest BCUT2D eigenvalue weighted by Gasteiger charge is -2.11. The summed E-state index contributed by atoms with van der Waals surface area (Å²) in [5.74, 6) is -0.618. The molecule has 0 saturated carbocycles. The third-order valence-corrected chi connectivity index (χ3v) is 2.91. The van der Waals surface area contributed by atoms with E-state index in [4.69, 9.17) is 5.26 Å². The van der Waals surface area contributed by atoms with Crippen LogP contribution in [0, 0.1) is 36.8 Å². The minimum atomic E-state index is -0.503. The van der Waals surface area contributed by atoms with Gasteiger partial charge in [0.2, 0.25) is 0 Å². The average molecular weight is 273 g/mol. The zero-order valence-corrected chi connectivity index (χ0v) is 11.2. The van der Waals surface area contributed by atoms with Gasteiger partial charge in [-0.2, -0.15) is 5.26 Å². The third-order valence-electron chi connectivity index (χ3n) is 2.91. The number of benzene rings is 1. The van der Waals surface area contributed by atoms with Crippen LogP contribution in [0.1, 0.15) is 22.4 Å². The zero-order valence-electron chi connectivity index (χ0n) is 11.2. The fourth-order valence-electron chi connectivity index (χ4n) is 1.96. The normalized spacial score (nSPS) is 10.2. The molecule has 0 saturated heterocycles. The molecule has 20 heavy (non-hydrogen) atoms. The zero-order chi connectivity index (χ0) is 14.7. The maximum Gasteiger partial charge on any atom is 0.144 e. The van der Waals surface area contributed by atoms with E-state index in [1.807, 2.05) is 6.92 Å². The van der Waals surface area contributed by atoms with E-state index in [-0.39, 0.29) is 12.1 Å². The van der Waals surface area contributed by atoms with Crippen molar-refractivity contribution in [1.29, 1.82) is 5.26 Å². The molecule has 2 aromatic rings. The summed E-state index contributed by atoms with van der Waals surface area (Å²) in [7, 11) is 0. The van der Waals surface area contributed by atoms with Gasteiger partial charge in [0.25, 0.3) is 0 Å². The van der Waals surface area contributed by atoms with Gasteiger partial charge in [-0.25, -0.2) is 13.8 Å². The minimum Gasteiger partial charge on any atom is -0.365 e. The Kier molecular flexibility index (Phi) is 3.94. The molecule has 3 nitrogen and oxygen atoms in total. The molecule has 2 rings (SSSR count). The summed E-state index contributed by atoms with van der Waals surface area (Å²) in [4.78, 5) is 4.22. The quantitative estimate of drug-likeness (QED) is 0.931. The number of aromatic nitrogens is 1. The summed E-state index contributed by atoms with van der Waals surface area (Å²) in [5, 5.41) is 12.0. The Morgan fingerprint density at radius 1 is 1.25 bits per heavy atom. The van der Waals surface area contributed by atoms with Gasteiger partial charge in [-0.15, -0.1) is 0 Å². The van der Waals surface area contributed by atoms with E-state index in [9.17, 15) is 8.78 Å². The molecule has 0 aliphatic carbocycles. The second-order valence-corrected chi connectivity index (χ2v) is 4.51. The highest BCUT2D eigenvalue weighted by Gasteiger charge is 2.10. The molecule has 0 fully saturated rings. The predicted octanol–water partition coefficient (Wildman–Crippen LogP) is 3.46. The van der Waals surface area contributed by atoms with Gasteiger partial charge in [-0.05, 0) is 43.7 Å². The van der Waals surface area contributed by atoms with Gasteiger partial charge in [-0.3, -0.25) is 0 Å². The molecular weight excluding hydrogens is 260 g/mol. The molecule has 0 unspecified atom stereocenters. The van der Waals surface area contributed by atoms with E-state index in [0.29, 0.717) is 11.4 Å². The van der Waals surface area contributed by atoms with Gasteiger partial charge in [0, 0.05) is 17.8 Å². The van der Waals surface area contributed by atoms with Crippen molar-refractivity contribution in [3.63, 3.8) is 0 Å². The Bertz CT molecular complexity index is 690. The first kappa shape index (κ1) is 13.9. The first-order valence-electron chi connectivity index (χ1n) is 6.07. The van der Waals surface area contributed by atoms with Crippen molar-refractivity contribution in [1.82, 2.24) is 4.98 Å². The van der Waals surface area contributed by atoms with Crippen LogP contribution in [0.4, 0.5) is 14.6 Å². The van der Waals surface area contributed by atoms with E-state index in [0.717, 1.165) is 29.5 Å². The molecule has 1 heterocycles. The standard InChI is InChI=1S/C15H13F2N3/c1-9-5-10(2)20-15(13(9)7-18)19-8-11-6-12(16)3-4-14(11)17/h3-6H,8H2,1-2H3,(H,19,20). The van der Waals surface area contributed by atoms with Crippen molar-refractivity contribution in [2.45, 2.75) is 20.4 Å². The first-order chi connectivity index (χ1) is 9.51. The molecular formula is C15H13F2N3. The smallest absolute Gasteiger partial charge is 0.144 e. The number of hydrogen-bond donors (Lipinski definition) is 1. The number of hydrogen-bond acceptors (Lipinski definition) is 3. The van der Waals surface area contributed by atoms with Crippen molar-refractivity contribution in [3.8, 4) is 6.07 Å². The molecule has 1 N–H and O–H groups in total. The Morgan fingerprint density at radius 2 is 2.00 bits per heavy atom. The Hall–Kier alpha value is -2.48. The summed E-state index contributed by atoms with van der Waals surface area (Å²) in [6, 6.07) is 7.12. The molecule has 1 aromatic carbocycles. The van der Waals surface area contributed by atoms with Gasteiger partial charge < -0.3 is 5.32 Å². The van der Waals surface area contributed by atoms with Gasteiger partial charge >= 0.3 is 0 Å². The molecule has 5 heteroatoms. The van der Waals surface area contributed by atoms with Crippen molar-refractivity contribution < 1.29 is 8.78 Å². The molecule has 0 aliphatic rings. The predicted molar refractivity (Wildman–Crippen MR) is 72.1 cm³/mol. The Labute approximate surface area is 115 Å². The fraction of sp³-hybridized carbons (Fsp3) is 0.200. The molecule has 1 aromatic heterocycles. The number of anilines is 1. The first-order valence-corrected chi connectivity index (χ1v) is 6.07. The van der Waals surface area contributed by atoms with Crippen LogP contribution >= 0.6 is 0 Å². The lowest BCUT2D eigenvalue weighted by molar-refractivity contribution is 0.587. The second kappa shape index (κ2) is 5.66. The minimum absolute atomic E-state index is 0.0637. The van der Waals surface area contributed by atoms with Crippen molar-refractivity contribution in [3.05, 3.63) is 58.3 Å². The largest absolute Gasteiger partial charge is 0.365 e. The topological polar surface area (TPSA) is 48.7 Å². The van der Waals surface area contributed by atoms with Crippen LogP contribution in [0.2, 0.25) is 0 Å². The van der Waals surface area contributed by atoms with E-state index in [2.05, 4.69) is 16.4 Å². The molecule has 0 aliphatic heterocycles. The number of aryl methyl sites for hydroxylation is 2. The summed E-state index contributed by atoms with van der Waals surface area (Å²) in [5.41, 5.74) is 2.15. The Balaban J connectivity index is 2.27. The third kappa shape index (κ3) is 2.91. The molecule has 0 amide bonds. The summed E-state index contributed by atoms with van der Waals surface area (Å²) in [6.45, 7) is 3.68. The fourth-order valence-corrected chi connectivity index (χ4v) is 1.96. The molecule has 102 valence electrons. The summed E-state index contributed by atoms with van der Waals surface area (Å²) >= 11 is 0. The van der Waals surface area contributed by atoms with Crippen LogP contribution in [0.5, 0.6) is 0 Å². The number of rotatable bonds is 3. The van der Waals surface area contributed by atoms with Gasteiger partial charge in [0.05, 0.1) is 5.56 Å². The van der Waals surface area contributed by atoms with Crippen molar-refractivity contribution >= 4 is 5.82 Å². The van der Waals surface area contributed by atoms with Crippen LogP contribution in [-0.2, 0) is 6.54 Å². The van der Waals surface area contributed by atoms with E-state index in [1.165, 1.54) is 0 Å². The molecule has 0 bridgehead atoms. The SMILES string of the molecule is Cc1cc(C)c(C#N)c(NCc2cc(F)ccc2F)n1. The second-order valence-electron chi connectivity index (χ2n) is 4.51. The van der Waals surface area contributed by atoms with Crippen LogP contribution in [-0.4, -0.2) is 4.98 Å². The van der Waals surface area contributed by atoms with E-state index < -0.39 is 11.6 Å². The monoisotopic (exact) mass is 273 g/mol. The summed E-state index contributed by atoms with van der Waals surface area (Å²) < 4.78 is 26.6. The molecule has 0 spiro atoms. The highest BCUT2D eigenvalue weighted by molar-refractivity contribution is 5.56. The maximum absolute atomic E-state index is 13.5. The highest BCUT2D eigenvalue weighted by atomic mass is 19.1. The maximum atomic E-state index is 13.5. The number of nitrogens with zero attached hydrogens (tertiary/aromatic N) is 2. The van der Waals surface area contributed by atoms with Gasteiger partial charge in [0.1, 0.15) is 23.5 Å². The number of halogens is 2. The van der Waals surface area contributed by atoms with Crippen LogP contribution in [0.15, 0.2) is 24.3 Å². The van der Waals surface area contributed by atoms with Crippen molar-refractivity contribution in [2.24, 2.45) is 0 Å². The van der Waals surface area contributed by atoms with Crippen LogP contribution in [0.25, 0.3) is 0 Å². The van der Waals surface area contributed by atoms with E-state index in [1.54, 1.807) is 13.0 Å². The van der Waals surface area contributed by atoms with Crippen LogP contribution in [0.3, 0.4) is 0 Å². The molecule has 0 radical (unpaired) electrons. The van der Waals surface area contributed by atoms with Gasteiger partial charge in [0.15, 0.2) is 0 Å². The van der Waals surface area contributed by atoms with Gasteiger partial charge in [-0.1, -0.05) is 0 Å². The van der Waals surface area contributed by atoms with Crippen LogP contribution < -0.4 is 5.32 Å². The number of nitrogens with one attached hydrogen (secondary N) is 1. The summed E-state index contributed by atoms with van der Waals surface area (Å²) in [6.07, 6.45) is 0. The Morgan fingerprint density at radius 3 is 2.70 bits per heavy atom. The van der Waals surface area contributed by atoms with E-state index >= 15 is 0 Å². The molecule has 0 atom stereocenters.